The van der Waals surface area contributed by atoms with Crippen LogP contribution in [0.3, 0.4) is 0 Å². The minimum absolute atomic E-state index is 0.0659. The number of carbonyl (C=O) groups is 1. The van der Waals surface area contributed by atoms with E-state index < -0.39 is 0 Å². The number of nitrogens with one attached hydrogen (secondary N) is 1. The molecule has 2 rings (SSSR count). The molecule has 0 aliphatic rings. The summed E-state index contributed by atoms with van der Waals surface area (Å²) in [5.41, 5.74) is 2.62. The second-order valence-electron chi connectivity index (χ2n) is 3.91. The van der Waals surface area contributed by atoms with Gasteiger partial charge in [-0.1, -0.05) is 0 Å². The summed E-state index contributed by atoms with van der Waals surface area (Å²) >= 11 is 1.52. The number of thiophene rings is 1. The van der Waals surface area contributed by atoms with Crippen molar-refractivity contribution in [1.29, 1.82) is 0 Å². The van der Waals surface area contributed by atoms with Crippen LogP contribution in [0.1, 0.15) is 10.4 Å². The Kier molecular flexibility index (Phi) is 3.44. The number of anilines is 2. The van der Waals surface area contributed by atoms with Crippen molar-refractivity contribution in [2.75, 3.05) is 24.3 Å². The van der Waals surface area contributed by atoms with Crippen LogP contribution < -0.4 is 10.2 Å². The predicted molar refractivity (Wildman–Crippen MR) is 73.0 cm³/mol. The molecule has 0 unspecified atom stereocenters. The molecule has 0 atom stereocenters. The van der Waals surface area contributed by atoms with Crippen molar-refractivity contribution in [3.63, 3.8) is 0 Å². The number of amides is 1. The topological polar surface area (TPSA) is 32.3 Å². The standard InChI is InChI=1S/C13H14N2OS/c1-15(2)12-5-3-11(4-6-12)14-13(16)10-7-8-17-9-10/h3-9H,1-2H3,(H,14,16). The zero-order valence-electron chi connectivity index (χ0n) is 9.81. The first-order valence-corrected chi connectivity index (χ1v) is 6.22. The van der Waals surface area contributed by atoms with E-state index in [4.69, 9.17) is 0 Å². The molecule has 1 aromatic carbocycles. The van der Waals surface area contributed by atoms with Crippen LogP contribution in [0.5, 0.6) is 0 Å². The lowest BCUT2D eigenvalue weighted by Crippen LogP contribution is -2.11. The lowest BCUT2D eigenvalue weighted by Gasteiger charge is -2.12. The van der Waals surface area contributed by atoms with Gasteiger partial charge >= 0.3 is 0 Å². The molecule has 0 aliphatic heterocycles. The Hall–Kier alpha value is -1.81. The molecule has 1 heterocycles. The molecule has 0 spiro atoms. The molecule has 2 aromatic rings. The van der Waals surface area contributed by atoms with Crippen LogP contribution in [-0.4, -0.2) is 20.0 Å². The lowest BCUT2D eigenvalue weighted by molar-refractivity contribution is 0.102. The van der Waals surface area contributed by atoms with Gasteiger partial charge in [-0.3, -0.25) is 4.79 Å². The summed E-state index contributed by atoms with van der Waals surface area (Å²) in [6, 6.07) is 9.57. The van der Waals surface area contributed by atoms with Crippen LogP contribution >= 0.6 is 11.3 Å². The van der Waals surface area contributed by atoms with E-state index in [1.807, 2.05) is 60.1 Å². The van der Waals surface area contributed by atoms with Gasteiger partial charge in [0.15, 0.2) is 0 Å². The van der Waals surface area contributed by atoms with Crippen molar-refractivity contribution in [2.24, 2.45) is 0 Å². The van der Waals surface area contributed by atoms with E-state index in [2.05, 4.69) is 5.32 Å². The molecule has 4 heteroatoms. The van der Waals surface area contributed by atoms with Crippen molar-refractivity contribution in [3.8, 4) is 0 Å². The third-order valence-electron chi connectivity index (χ3n) is 2.42. The van der Waals surface area contributed by atoms with Gasteiger partial charge in [0, 0.05) is 30.9 Å². The molecular formula is C13H14N2OS. The van der Waals surface area contributed by atoms with Gasteiger partial charge in [-0.05, 0) is 35.7 Å². The first-order valence-electron chi connectivity index (χ1n) is 5.28. The van der Waals surface area contributed by atoms with Crippen molar-refractivity contribution in [1.82, 2.24) is 0 Å². The summed E-state index contributed by atoms with van der Waals surface area (Å²) in [6.45, 7) is 0. The molecule has 1 aromatic heterocycles. The Morgan fingerprint density at radius 3 is 2.41 bits per heavy atom. The van der Waals surface area contributed by atoms with Gasteiger partial charge in [-0.15, -0.1) is 0 Å². The molecule has 0 saturated heterocycles. The number of hydrogen-bond donors (Lipinski definition) is 1. The summed E-state index contributed by atoms with van der Waals surface area (Å²) in [5.74, 6) is -0.0659. The monoisotopic (exact) mass is 246 g/mol. The predicted octanol–water partition coefficient (Wildman–Crippen LogP) is 3.07. The molecule has 0 bridgehead atoms. The average Bonchev–Trinajstić information content (AvgIpc) is 2.83. The maximum atomic E-state index is 11.8. The van der Waals surface area contributed by atoms with Crippen LogP contribution in [0.25, 0.3) is 0 Å². The fraction of sp³-hybridized carbons (Fsp3) is 0.154. The fourth-order valence-corrected chi connectivity index (χ4v) is 2.08. The number of rotatable bonds is 3. The number of nitrogens with zero attached hydrogens (tertiary/aromatic N) is 1. The summed E-state index contributed by atoms with van der Waals surface area (Å²) in [4.78, 5) is 13.8. The second kappa shape index (κ2) is 5.01. The highest BCUT2D eigenvalue weighted by atomic mass is 32.1. The van der Waals surface area contributed by atoms with Gasteiger partial charge in [0.2, 0.25) is 0 Å². The third-order valence-corrected chi connectivity index (χ3v) is 3.11. The molecule has 0 saturated carbocycles. The van der Waals surface area contributed by atoms with E-state index in [-0.39, 0.29) is 5.91 Å². The van der Waals surface area contributed by atoms with Crippen LogP contribution in [0.4, 0.5) is 11.4 Å². The molecule has 88 valence electrons. The Morgan fingerprint density at radius 1 is 1.18 bits per heavy atom. The van der Waals surface area contributed by atoms with Crippen molar-refractivity contribution in [3.05, 3.63) is 46.7 Å². The van der Waals surface area contributed by atoms with Crippen molar-refractivity contribution < 1.29 is 4.79 Å². The first kappa shape index (κ1) is 11.7. The van der Waals surface area contributed by atoms with Gasteiger partial charge in [-0.2, -0.15) is 11.3 Å². The Labute approximate surface area is 105 Å². The smallest absolute Gasteiger partial charge is 0.256 e. The SMILES string of the molecule is CN(C)c1ccc(NC(=O)c2ccsc2)cc1. The number of benzene rings is 1. The van der Waals surface area contributed by atoms with Gasteiger partial charge in [0.05, 0.1) is 5.56 Å². The van der Waals surface area contributed by atoms with Crippen molar-refractivity contribution >= 4 is 28.6 Å². The normalized spacial score (nSPS) is 10.0. The molecular weight excluding hydrogens is 232 g/mol. The maximum Gasteiger partial charge on any atom is 0.256 e. The largest absolute Gasteiger partial charge is 0.378 e. The summed E-state index contributed by atoms with van der Waals surface area (Å²) in [5, 5.41) is 6.59. The molecule has 0 fully saturated rings. The molecule has 3 nitrogen and oxygen atoms in total. The quantitative estimate of drug-likeness (QED) is 0.902. The second-order valence-corrected chi connectivity index (χ2v) is 4.69. The van der Waals surface area contributed by atoms with Gasteiger partial charge in [-0.25, -0.2) is 0 Å². The molecule has 0 aliphatic carbocycles. The maximum absolute atomic E-state index is 11.8. The van der Waals surface area contributed by atoms with E-state index in [1.165, 1.54) is 11.3 Å². The Bertz CT molecular complexity index is 489. The van der Waals surface area contributed by atoms with Gasteiger partial charge in [0.1, 0.15) is 0 Å². The van der Waals surface area contributed by atoms with Crippen LogP contribution in [-0.2, 0) is 0 Å². The number of hydrogen-bond acceptors (Lipinski definition) is 3. The zero-order valence-corrected chi connectivity index (χ0v) is 10.6. The van der Waals surface area contributed by atoms with Crippen LogP contribution in [0.2, 0.25) is 0 Å². The third kappa shape index (κ3) is 2.85. The molecule has 17 heavy (non-hydrogen) atoms. The summed E-state index contributed by atoms with van der Waals surface area (Å²) in [6.07, 6.45) is 0. The van der Waals surface area contributed by atoms with Crippen LogP contribution in [0.15, 0.2) is 41.1 Å². The highest BCUT2D eigenvalue weighted by Gasteiger charge is 2.05. The average molecular weight is 246 g/mol. The Balaban J connectivity index is 2.07. The zero-order chi connectivity index (χ0) is 12.3. The first-order chi connectivity index (χ1) is 8.16. The molecule has 1 N–H and O–H groups in total. The minimum atomic E-state index is -0.0659. The molecule has 1 amide bonds. The highest BCUT2D eigenvalue weighted by Crippen LogP contribution is 2.16. The van der Waals surface area contributed by atoms with Gasteiger partial charge < -0.3 is 10.2 Å². The van der Waals surface area contributed by atoms with Crippen LogP contribution in [0, 0.1) is 0 Å². The fourth-order valence-electron chi connectivity index (χ4n) is 1.44. The van der Waals surface area contributed by atoms with E-state index in [1.54, 1.807) is 0 Å². The van der Waals surface area contributed by atoms with Gasteiger partial charge in [0.25, 0.3) is 5.91 Å². The number of carbonyl (C=O) groups excluding carboxylic acids is 1. The highest BCUT2D eigenvalue weighted by molar-refractivity contribution is 7.08. The minimum Gasteiger partial charge on any atom is -0.378 e. The van der Waals surface area contributed by atoms with E-state index in [9.17, 15) is 4.79 Å². The molecule has 0 radical (unpaired) electrons. The van der Waals surface area contributed by atoms with Crippen molar-refractivity contribution in [2.45, 2.75) is 0 Å². The van der Waals surface area contributed by atoms with E-state index >= 15 is 0 Å². The van der Waals surface area contributed by atoms with E-state index in [0.29, 0.717) is 5.56 Å². The summed E-state index contributed by atoms with van der Waals surface area (Å²) in [7, 11) is 3.97. The lowest BCUT2D eigenvalue weighted by atomic mass is 10.2. The Morgan fingerprint density at radius 2 is 1.88 bits per heavy atom. The van der Waals surface area contributed by atoms with E-state index in [0.717, 1.165) is 11.4 Å². The summed E-state index contributed by atoms with van der Waals surface area (Å²) < 4.78 is 0.